The van der Waals surface area contributed by atoms with Crippen LogP contribution in [0.3, 0.4) is 0 Å². The quantitative estimate of drug-likeness (QED) is 0.739. The molecule has 0 spiro atoms. The van der Waals surface area contributed by atoms with Crippen LogP contribution >= 0.6 is 11.6 Å². The number of carbonyl (C=O) groups excluding carboxylic acids is 1. The highest BCUT2D eigenvalue weighted by Crippen LogP contribution is 2.35. The van der Waals surface area contributed by atoms with Crippen LogP contribution in [0.15, 0.2) is 67.1 Å². The Labute approximate surface area is 163 Å². The van der Waals surface area contributed by atoms with Gasteiger partial charge in [-0.15, -0.1) is 0 Å². The minimum atomic E-state index is -0.0332. The summed E-state index contributed by atoms with van der Waals surface area (Å²) in [5.41, 5.74) is 3.23. The molecule has 138 valence electrons. The van der Waals surface area contributed by atoms with Crippen molar-refractivity contribution < 1.29 is 4.79 Å². The minimum Gasteiger partial charge on any atom is -0.351 e. The average molecular weight is 381 g/mol. The number of halogens is 1. The summed E-state index contributed by atoms with van der Waals surface area (Å²) >= 11 is 6.49. The van der Waals surface area contributed by atoms with E-state index in [0.717, 1.165) is 34.9 Å². The third kappa shape index (κ3) is 3.89. The Morgan fingerprint density at radius 2 is 1.93 bits per heavy atom. The number of hydrogen-bond acceptors (Lipinski definition) is 3. The molecule has 6 heteroatoms. The van der Waals surface area contributed by atoms with Crippen molar-refractivity contribution in [2.24, 2.45) is 0 Å². The number of rotatable bonds is 5. The van der Waals surface area contributed by atoms with E-state index < -0.39 is 0 Å². The summed E-state index contributed by atoms with van der Waals surface area (Å²) in [6.45, 7) is 2.48. The molecule has 3 heterocycles. The zero-order valence-electron chi connectivity index (χ0n) is 14.9. The van der Waals surface area contributed by atoms with Gasteiger partial charge in [0.1, 0.15) is 0 Å². The molecule has 0 aliphatic carbocycles. The lowest BCUT2D eigenvalue weighted by Gasteiger charge is -2.37. The van der Waals surface area contributed by atoms with Crippen LogP contribution in [0, 0.1) is 0 Å². The number of benzene rings is 1. The van der Waals surface area contributed by atoms with Crippen LogP contribution in [0.25, 0.3) is 0 Å². The fourth-order valence-corrected chi connectivity index (χ4v) is 3.84. The van der Waals surface area contributed by atoms with Gasteiger partial charge in [-0.1, -0.05) is 29.8 Å². The SMILES string of the molecule is O=C(CN1CCn2cccc2C1c1ccccc1Cl)NCc1ccncc1. The van der Waals surface area contributed by atoms with Crippen LogP contribution < -0.4 is 5.32 Å². The van der Waals surface area contributed by atoms with E-state index in [4.69, 9.17) is 11.6 Å². The van der Waals surface area contributed by atoms with Crippen molar-refractivity contribution in [1.82, 2.24) is 19.8 Å². The van der Waals surface area contributed by atoms with Gasteiger partial charge in [0.15, 0.2) is 0 Å². The molecule has 0 bridgehead atoms. The van der Waals surface area contributed by atoms with Crippen molar-refractivity contribution in [3.63, 3.8) is 0 Å². The number of carbonyl (C=O) groups is 1. The van der Waals surface area contributed by atoms with E-state index in [1.165, 1.54) is 0 Å². The standard InChI is InChI=1S/C21H21ClN4O/c22-18-5-2-1-4-17(18)21-19-6-3-11-25(19)12-13-26(21)15-20(27)24-14-16-7-9-23-10-8-16/h1-11,21H,12-15H2,(H,24,27). The summed E-state index contributed by atoms with van der Waals surface area (Å²) in [7, 11) is 0. The zero-order chi connectivity index (χ0) is 18.6. The highest BCUT2D eigenvalue weighted by molar-refractivity contribution is 6.31. The second kappa shape index (κ2) is 7.94. The van der Waals surface area contributed by atoms with Gasteiger partial charge in [-0.2, -0.15) is 0 Å². The van der Waals surface area contributed by atoms with Gasteiger partial charge in [0.05, 0.1) is 12.6 Å². The van der Waals surface area contributed by atoms with Crippen LogP contribution in [0.4, 0.5) is 0 Å². The first-order chi connectivity index (χ1) is 13.2. The van der Waals surface area contributed by atoms with Crippen molar-refractivity contribution in [1.29, 1.82) is 0 Å². The first-order valence-electron chi connectivity index (χ1n) is 9.01. The predicted molar refractivity (Wildman–Crippen MR) is 105 cm³/mol. The molecule has 1 aliphatic rings. The van der Waals surface area contributed by atoms with E-state index >= 15 is 0 Å². The Hall–Kier alpha value is -2.63. The monoisotopic (exact) mass is 380 g/mol. The van der Waals surface area contributed by atoms with Crippen molar-refractivity contribution in [2.45, 2.75) is 19.1 Å². The number of fused-ring (bicyclic) bond motifs is 1. The second-order valence-electron chi connectivity index (χ2n) is 6.65. The van der Waals surface area contributed by atoms with Crippen molar-refractivity contribution in [3.05, 3.63) is 89.0 Å². The van der Waals surface area contributed by atoms with Gasteiger partial charge in [-0.25, -0.2) is 0 Å². The lowest BCUT2D eigenvalue weighted by Crippen LogP contribution is -2.44. The first-order valence-corrected chi connectivity index (χ1v) is 9.39. The third-order valence-electron chi connectivity index (χ3n) is 4.92. The van der Waals surface area contributed by atoms with Crippen molar-refractivity contribution in [3.8, 4) is 0 Å². The van der Waals surface area contributed by atoms with Crippen molar-refractivity contribution >= 4 is 17.5 Å². The van der Waals surface area contributed by atoms with E-state index in [9.17, 15) is 4.79 Å². The number of aromatic nitrogens is 2. The average Bonchev–Trinajstić information content (AvgIpc) is 3.17. The largest absolute Gasteiger partial charge is 0.351 e. The summed E-state index contributed by atoms with van der Waals surface area (Å²) < 4.78 is 2.24. The highest BCUT2D eigenvalue weighted by Gasteiger charge is 2.31. The van der Waals surface area contributed by atoms with E-state index in [1.807, 2.05) is 42.5 Å². The number of nitrogens with one attached hydrogen (secondary N) is 1. The predicted octanol–water partition coefficient (Wildman–Crippen LogP) is 3.26. The Morgan fingerprint density at radius 1 is 1.11 bits per heavy atom. The molecule has 0 saturated heterocycles. The van der Waals surface area contributed by atoms with Gasteiger partial charge in [0, 0.05) is 48.9 Å². The maximum absolute atomic E-state index is 12.6. The molecule has 1 atom stereocenters. The van der Waals surface area contributed by atoms with Gasteiger partial charge >= 0.3 is 0 Å². The Morgan fingerprint density at radius 3 is 2.74 bits per heavy atom. The molecular formula is C21H21ClN4O. The lowest BCUT2D eigenvalue weighted by molar-refractivity contribution is -0.123. The van der Waals surface area contributed by atoms with Gasteiger partial charge in [0.2, 0.25) is 5.91 Å². The summed E-state index contributed by atoms with van der Waals surface area (Å²) in [6.07, 6.45) is 5.54. The first kappa shape index (κ1) is 17.8. The Bertz CT molecular complexity index is 925. The molecule has 0 fully saturated rings. The maximum atomic E-state index is 12.6. The molecule has 0 saturated carbocycles. The van der Waals surface area contributed by atoms with E-state index in [0.29, 0.717) is 13.1 Å². The summed E-state index contributed by atoms with van der Waals surface area (Å²) in [5, 5.41) is 3.72. The molecule has 5 nitrogen and oxygen atoms in total. The van der Waals surface area contributed by atoms with Crippen LogP contribution in [-0.2, 0) is 17.9 Å². The molecule has 1 aliphatic heterocycles. The van der Waals surface area contributed by atoms with Gasteiger partial charge in [0.25, 0.3) is 0 Å². The number of amides is 1. The minimum absolute atomic E-state index is 0.00359. The highest BCUT2D eigenvalue weighted by atomic mass is 35.5. The van der Waals surface area contributed by atoms with Crippen molar-refractivity contribution in [2.75, 3.05) is 13.1 Å². The maximum Gasteiger partial charge on any atom is 0.234 e. The molecule has 3 aromatic rings. The molecule has 1 amide bonds. The molecule has 2 aromatic heterocycles. The second-order valence-corrected chi connectivity index (χ2v) is 7.06. The van der Waals surface area contributed by atoms with Crippen LogP contribution in [0.5, 0.6) is 0 Å². The third-order valence-corrected chi connectivity index (χ3v) is 5.27. The number of nitrogens with zero attached hydrogens (tertiary/aromatic N) is 3. The fraction of sp³-hybridized carbons (Fsp3) is 0.238. The Kier molecular flexibility index (Phi) is 5.23. The summed E-state index contributed by atoms with van der Waals surface area (Å²) in [5.74, 6) is 0.00359. The fourth-order valence-electron chi connectivity index (χ4n) is 3.60. The zero-order valence-corrected chi connectivity index (χ0v) is 15.6. The molecule has 1 aromatic carbocycles. The molecule has 0 radical (unpaired) electrons. The summed E-state index contributed by atoms with van der Waals surface area (Å²) in [4.78, 5) is 18.8. The van der Waals surface area contributed by atoms with Gasteiger partial charge in [-0.3, -0.25) is 14.7 Å². The number of pyridine rings is 1. The van der Waals surface area contributed by atoms with E-state index in [2.05, 4.69) is 32.0 Å². The normalized spacial score (nSPS) is 16.7. The van der Waals surface area contributed by atoms with Crippen LogP contribution in [0.1, 0.15) is 22.9 Å². The Balaban J connectivity index is 1.52. The number of hydrogen-bond donors (Lipinski definition) is 1. The molecule has 1 N–H and O–H groups in total. The van der Waals surface area contributed by atoms with Crippen LogP contribution in [-0.4, -0.2) is 33.4 Å². The van der Waals surface area contributed by atoms with E-state index in [-0.39, 0.29) is 11.9 Å². The molecular weight excluding hydrogens is 360 g/mol. The topological polar surface area (TPSA) is 50.2 Å². The lowest BCUT2D eigenvalue weighted by atomic mass is 10.00. The van der Waals surface area contributed by atoms with Gasteiger partial charge < -0.3 is 9.88 Å². The van der Waals surface area contributed by atoms with E-state index in [1.54, 1.807) is 12.4 Å². The molecule has 1 unspecified atom stereocenters. The van der Waals surface area contributed by atoms with Gasteiger partial charge in [-0.05, 0) is 41.5 Å². The van der Waals surface area contributed by atoms with Crippen LogP contribution in [0.2, 0.25) is 5.02 Å². The smallest absolute Gasteiger partial charge is 0.234 e. The summed E-state index contributed by atoms with van der Waals surface area (Å²) in [6, 6.07) is 15.8. The molecule has 27 heavy (non-hydrogen) atoms. The molecule has 4 rings (SSSR count).